The summed E-state index contributed by atoms with van der Waals surface area (Å²) in [5, 5.41) is 2.17. The molecule has 0 radical (unpaired) electrons. The number of thiophene rings is 1. The van der Waals surface area contributed by atoms with E-state index in [-0.39, 0.29) is 17.3 Å². The molecule has 0 spiro atoms. The molecule has 3 nitrogen and oxygen atoms in total. The summed E-state index contributed by atoms with van der Waals surface area (Å²) in [5.41, 5.74) is 5.75. The van der Waals surface area contributed by atoms with Crippen LogP contribution in [-0.4, -0.2) is 23.4 Å². The van der Waals surface area contributed by atoms with Crippen molar-refractivity contribution in [2.24, 2.45) is 5.73 Å². The van der Waals surface area contributed by atoms with Gasteiger partial charge in [-0.15, -0.1) is 23.1 Å². The van der Waals surface area contributed by atoms with E-state index < -0.39 is 5.60 Å². The fourth-order valence-electron chi connectivity index (χ4n) is 1.64. The van der Waals surface area contributed by atoms with Crippen LogP contribution in [0.1, 0.15) is 44.2 Å². The summed E-state index contributed by atoms with van der Waals surface area (Å²) in [4.78, 5) is 13.0. The van der Waals surface area contributed by atoms with Crippen LogP contribution in [0.5, 0.6) is 0 Å². The van der Waals surface area contributed by atoms with Crippen LogP contribution in [0.15, 0.2) is 15.9 Å². The SMILES string of the molecule is CCC(N)C(SCC(=O)OC(C)(C)C)c1cc(Br)cs1. The van der Waals surface area contributed by atoms with Gasteiger partial charge in [-0.2, -0.15) is 0 Å². The van der Waals surface area contributed by atoms with Crippen LogP contribution >= 0.6 is 39.0 Å². The maximum absolute atomic E-state index is 11.8. The number of hydrogen-bond acceptors (Lipinski definition) is 5. The molecule has 0 saturated carbocycles. The topological polar surface area (TPSA) is 52.3 Å². The molecule has 1 rings (SSSR count). The molecule has 0 aliphatic heterocycles. The molecule has 0 fully saturated rings. The van der Waals surface area contributed by atoms with Crippen molar-refractivity contribution in [3.8, 4) is 0 Å². The van der Waals surface area contributed by atoms with Gasteiger partial charge in [-0.25, -0.2) is 0 Å². The van der Waals surface area contributed by atoms with Gasteiger partial charge >= 0.3 is 5.97 Å². The van der Waals surface area contributed by atoms with Crippen LogP contribution < -0.4 is 5.73 Å². The van der Waals surface area contributed by atoms with Crippen molar-refractivity contribution in [1.82, 2.24) is 0 Å². The van der Waals surface area contributed by atoms with Crippen molar-refractivity contribution in [2.75, 3.05) is 5.75 Å². The number of hydrogen-bond donors (Lipinski definition) is 1. The lowest BCUT2D eigenvalue weighted by Gasteiger charge is -2.23. The Bertz CT molecular complexity index is 443. The van der Waals surface area contributed by atoms with Gasteiger partial charge in [0.1, 0.15) is 5.60 Å². The largest absolute Gasteiger partial charge is 0.459 e. The smallest absolute Gasteiger partial charge is 0.316 e. The Morgan fingerprint density at radius 3 is 2.65 bits per heavy atom. The van der Waals surface area contributed by atoms with Gasteiger partial charge in [0.15, 0.2) is 0 Å². The highest BCUT2D eigenvalue weighted by Gasteiger charge is 2.24. The molecule has 6 heteroatoms. The Labute approximate surface area is 137 Å². The normalized spacial score (nSPS) is 14.9. The summed E-state index contributed by atoms with van der Waals surface area (Å²) in [5.74, 6) is 0.136. The molecule has 2 N–H and O–H groups in total. The number of ether oxygens (including phenoxy) is 1. The number of carbonyl (C=O) groups excluding carboxylic acids is 1. The highest BCUT2D eigenvalue weighted by Crippen LogP contribution is 2.37. The highest BCUT2D eigenvalue weighted by molar-refractivity contribution is 9.10. The molecule has 0 saturated heterocycles. The Balaban J connectivity index is 2.65. The van der Waals surface area contributed by atoms with Gasteiger partial charge in [-0.1, -0.05) is 6.92 Å². The Hall–Kier alpha value is -0.0400. The van der Waals surface area contributed by atoms with E-state index in [1.165, 1.54) is 4.88 Å². The van der Waals surface area contributed by atoms with Crippen molar-refractivity contribution in [3.63, 3.8) is 0 Å². The second-order valence-corrected chi connectivity index (χ2v) is 8.55. The monoisotopic (exact) mass is 379 g/mol. The molecule has 1 aromatic rings. The number of carbonyl (C=O) groups is 1. The van der Waals surface area contributed by atoms with Gasteiger partial charge in [0.25, 0.3) is 0 Å². The number of rotatable bonds is 6. The van der Waals surface area contributed by atoms with Crippen molar-refractivity contribution in [1.29, 1.82) is 0 Å². The zero-order valence-electron chi connectivity index (χ0n) is 12.3. The molecular weight excluding hydrogens is 358 g/mol. The summed E-state index contributed by atoms with van der Waals surface area (Å²) in [6.07, 6.45) is 0.876. The predicted molar refractivity (Wildman–Crippen MR) is 91.3 cm³/mol. The van der Waals surface area contributed by atoms with Crippen LogP contribution in [0, 0.1) is 0 Å². The Morgan fingerprint density at radius 2 is 2.20 bits per heavy atom. The molecule has 0 aromatic carbocycles. The molecule has 2 unspecified atom stereocenters. The first-order valence-corrected chi connectivity index (χ1v) is 9.28. The van der Waals surface area contributed by atoms with Crippen molar-refractivity contribution in [3.05, 3.63) is 20.8 Å². The van der Waals surface area contributed by atoms with E-state index in [0.717, 1.165) is 10.9 Å². The van der Waals surface area contributed by atoms with Gasteiger partial charge in [-0.05, 0) is 49.2 Å². The van der Waals surface area contributed by atoms with E-state index >= 15 is 0 Å². The van der Waals surface area contributed by atoms with Gasteiger partial charge < -0.3 is 10.5 Å². The Morgan fingerprint density at radius 1 is 1.55 bits per heavy atom. The van der Waals surface area contributed by atoms with E-state index in [4.69, 9.17) is 10.5 Å². The van der Waals surface area contributed by atoms with Gasteiger partial charge in [-0.3, -0.25) is 4.79 Å². The average Bonchev–Trinajstić information content (AvgIpc) is 2.73. The van der Waals surface area contributed by atoms with Crippen LogP contribution in [0.2, 0.25) is 0 Å². The summed E-state index contributed by atoms with van der Waals surface area (Å²) in [6.45, 7) is 7.69. The number of nitrogens with two attached hydrogens (primary N) is 1. The lowest BCUT2D eigenvalue weighted by atomic mass is 10.1. The van der Waals surface area contributed by atoms with Gasteiger partial charge in [0, 0.05) is 20.8 Å². The quantitative estimate of drug-likeness (QED) is 0.745. The third-order valence-electron chi connectivity index (χ3n) is 2.53. The molecule has 0 bridgehead atoms. The van der Waals surface area contributed by atoms with Crippen LogP contribution in [-0.2, 0) is 9.53 Å². The number of halogens is 1. The van der Waals surface area contributed by atoms with E-state index in [1.54, 1.807) is 23.1 Å². The maximum Gasteiger partial charge on any atom is 0.316 e. The van der Waals surface area contributed by atoms with Crippen molar-refractivity contribution in [2.45, 2.75) is 51.0 Å². The molecule has 0 aliphatic carbocycles. The number of esters is 1. The highest BCUT2D eigenvalue weighted by atomic mass is 79.9. The number of thioether (sulfide) groups is 1. The second kappa shape index (κ2) is 7.82. The maximum atomic E-state index is 11.8. The van der Waals surface area contributed by atoms with E-state index in [1.807, 2.05) is 26.2 Å². The minimum atomic E-state index is -0.439. The minimum Gasteiger partial charge on any atom is -0.459 e. The zero-order valence-corrected chi connectivity index (χ0v) is 15.5. The third kappa shape index (κ3) is 6.16. The van der Waals surface area contributed by atoms with Crippen LogP contribution in [0.3, 0.4) is 0 Å². The minimum absolute atomic E-state index is 0.0352. The van der Waals surface area contributed by atoms with Crippen LogP contribution in [0.4, 0.5) is 0 Å². The third-order valence-corrected chi connectivity index (χ3v) is 5.82. The molecule has 20 heavy (non-hydrogen) atoms. The van der Waals surface area contributed by atoms with Crippen molar-refractivity contribution < 1.29 is 9.53 Å². The molecule has 0 amide bonds. The first-order chi connectivity index (χ1) is 9.23. The Kier molecular flexibility index (Phi) is 7.04. The van der Waals surface area contributed by atoms with Gasteiger partial charge in [0.05, 0.1) is 11.0 Å². The zero-order chi connectivity index (χ0) is 15.3. The molecule has 0 aliphatic rings. The molecular formula is C14H22BrNO2S2. The second-order valence-electron chi connectivity index (χ2n) is 5.56. The molecule has 1 aromatic heterocycles. The standard InChI is InChI=1S/C14H22BrNO2S2/c1-5-10(16)13(11-6-9(15)7-19-11)20-8-12(17)18-14(2,3)4/h6-7,10,13H,5,8,16H2,1-4H3. The lowest BCUT2D eigenvalue weighted by molar-refractivity contribution is -0.151. The molecule has 2 atom stereocenters. The summed E-state index contributed by atoms with van der Waals surface area (Å²) in [7, 11) is 0. The van der Waals surface area contributed by atoms with E-state index in [0.29, 0.717) is 5.75 Å². The van der Waals surface area contributed by atoms with Crippen molar-refractivity contribution >= 4 is 45.0 Å². The average molecular weight is 380 g/mol. The fourth-order valence-corrected chi connectivity index (χ4v) is 4.55. The first kappa shape index (κ1) is 18.0. The van der Waals surface area contributed by atoms with Gasteiger partial charge in [0.2, 0.25) is 0 Å². The summed E-state index contributed by atoms with van der Waals surface area (Å²) in [6, 6.07) is 2.11. The van der Waals surface area contributed by atoms with Crippen LogP contribution in [0.25, 0.3) is 0 Å². The molecule has 114 valence electrons. The van der Waals surface area contributed by atoms with E-state index in [9.17, 15) is 4.79 Å². The molecule has 1 heterocycles. The fraction of sp³-hybridized carbons (Fsp3) is 0.643. The summed E-state index contributed by atoms with van der Waals surface area (Å²) < 4.78 is 6.40. The summed E-state index contributed by atoms with van der Waals surface area (Å²) >= 11 is 6.69. The van der Waals surface area contributed by atoms with E-state index in [2.05, 4.69) is 28.9 Å². The predicted octanol–water partition coefficient (Wildman–Crippen LogP) is 4.36. The first-order valence-electron chi connectivity index (χ1n) is 6.56. The lowest BCUT2D eigenvalue weighted by Crippen LogP contribution is -2.28.